The van der Waals surface area contributed by atoms with Crippen molar-refractivity contribution in [2.45, 2.75) is 37.6 Å². The van der Waals surface area contributed by atoms with Crippen LogP contribution in [0.4, 0.5) is 0 Å². The Kier molecular flexibility index (Phi) is 3.38. The molecule has 0 unspecified atom stereocenters. The minimum absolute atomic E-state index is 0.510. The summed E-state index contributed by atoms with van der Waals surface area (Å²) < 4.78 is 5.53. The first-order valence-electron chi connectivity index (χ1n) is 5.46. The topological polar surface area (TPSA) is 52.9 Å². The SMILES string of the molecule is O[C@@H]1CCN(CCOC2CC2)C[C@@H]1O. The number of nitrogens with zero attached hydrogens (tertiary/aromatic N) is 1. The largest absolute Gasteiger partial charge is 0.390 e. The molecule has 0 amide bonds. The molecule has 0 aromatic rings. The number of hydrogen-bond acceptors (Lipinski definition) is 4. The van der Waals surface area contributed by atoms with E-state index in [4.69, 9.17) is 4.74 Å². The van der Waals surface area contributed by atoms with E-state index in [2.05, 4.69) is 4.90 Å². The number of likely N-dealkylation sites (tertiary alicyclic amines) is 1. The first-order chi connectivity index (χ1) is 6.75. The normalized spacial score (nSPS) is 34.7. The van der Waals surface area contributed by atoms with Crippen LogP contribution in [0.25, 0.3) is 0 Å². The molecule has 1 saturated heterocycles. The first kappa shape index (κ1) is 10.4. The fourth-order valence-corrected chi connectivity index (χ4v) is 1.77. The Morgan fingerprint density at radius 3 is 2.57 bits per heavy atom. The van der Waals surface area contributed by atoms with Gasteiger partial charge >= 0.3 is 0 Å². The van der Waals surface area contributed by atoms with E-state index in [1.165, 1.54) is 12.8 Å². The molecule has 1 saturated carbocycles. The molecule has 1 aliphatic carbocycles. The number of ether oxygens (including phenoxy) is 1. The summed E-state index contributed by atoms with van der Waals surface area (Å²) in [6.07, 6.45) is 2.49. The second kappa shape index (κ2) is 4.57. The maximum atomic E-state index is 9.44. The highest BCUT2D eigenvalue weighted by atomic mass is 16.5. The maximum absolute atomic E-state index is 9.44. The lowest BCUT2D eigenvalue weighted by molar-refractivity contribution is -0.0442. The van der Waals surface area contributed by atoms with Gasteiger partial charge in [-0.3, -0.25) is 4.90 Å². The Hall–Kier alpha value is -0.160. The van der Waals surface area contributed by atoms with Gasteiger partial charge in [-0.2, -0.15) is 0 Å². The summed E-state index contributed by atoms with van der Waals surface area (Å²) in [5.41, 5.74) is 0. The van der Waals surface area contributed by atoms with Crippen molar-refractivity contribution >= 4 is 0 Å². The van der Waals surface area contributed by atoms with Gasteiger partial charge in [0.1, 0.15) is 0 Å². The van der Waals surface area contributed by atoms with Crippen LogP contribution in [0.3, 0.4) is 0 Å². The number of hydrogen-bond donors (Lipinski definition) is 2. The molecule has 2 atom stereocenters. The molecule has 0 radical (unpaired) electrons. The number of aliphatic hydroxyl groups is 2. The molecule has 1 heterocycles. The van der Waals surface area contributed by atoms with E-state index in [1.54, 1.807) is 0 Å². The van der Waals surface area contributed by atoms with Crippen molar-refractivity contribution < 1.29 is 14.9 Å². The van der Waals surface area contributed by atoms with Crippen LogP contribution in [0.5, 0.6) is 0 Å². The van der Waals surface area contributed by atoms with Gasteiger partial charge in [0, 0.05) is 19.6 Å². The second-order valence-corrected chi connectivity index (χ2v) is 4.29. The van der Waals surface area contributed by atoms with Crippen molar-refractivity contribution in [1.29, 1.82) is 0 Å². The van der Waals surface area contributed by atoms with Crippen molar-refractivity contribution in [1.82, 2.24) is 4.90 Å². The van der Waals surface area contributed by atoms with Crippen LogP contribution in [0.1, 0.15) is 19.3 Å². The molecular formula is C10H19NO3. The molecule has 14 heavy (non-hydrogen) atoms. The number of rotatable bonds is 4. The predicted molar refractivity (Wildman–Crippen MR) is 52.0 cm³/mol. The molecule has 2 fully saturated rings. The number of piperidine rings is 1. The van der Waals surface area contributed by atoms with Gasteiger partial charge in [0.15, 0.2) is 0 Å². The summed E-state index contributed by atoms with van der Waals surface area (Å²) in [7, 11) is 0. The molecule has 1 aliphatic heterocycles. The zero-order valence-corrected chi connectivity index (χ0v) is 8.43. The minimum Gasteiger partial charge on any atom is -0.390 e. The molecule has 0 spiro atoms. The lowest BCUT2D eigenvalue weighted by atomic mass is 10.1. The third kappa shape index (κ3) is 2.92. The molecule has 2 aliphatic rings. The van der Waals surface area contributed by atoms with Gasteiger partial charge in [-0.05, 0) is 19.3 Å². The van der Waals surface area contributed by atoms with Crippen LogP contribution in [-0.2, 0) is 4.74 Å². The number of β-amino-alcohol motifs (C(OH)–C–C–N with tert-alkyl or cyclic N) is 1. The lowest BCUT2D eigenvalue weighted by Crippen LogP contribution is -2.47. The Labute approximate surface area is 84.5 Å². The van der Waals surface area contributed by atoms with Crippen molar-refractivity contribution in [3.05, 3.63) is 0 Å². The fraction of sp³-hybridized carbons (Fsp3) is 1.00. The minimum atomic E-state index is -0.579. The monoisotopic (exact) mass is 201 g/mol. The number of aliphatic hydroxyl groups excluding tert-OH is 2. The van der Waals surface area contributed by atoms with Crippen molar-refractivity contribution in [2.75, 3.05) is 26.2 Å². The van der Waals surface area contributed by atoms with Crippen LogP contribution < -0.4 is 0 Å². The van der Waals surface area contributed by atoms with E-state index >= 15 is 0 Å². The predicted octanol–water partition coefficient (Wildman–Crippen LogP) is -0.407. The van der Waals surface area contributed by atoms with Crippen molar-refractivity contribution in [3.63, 3.8) is 0 Å². The Morgan fingerprint density at radius 2 is 1.93 bits per heavy atom. The van der Waals surface area contributed by atoms with E-state index in [0.717, 1.165) is 19.7 Å². The van der Waals surface area contributed by atoms with Gasteiger partial charge in [0.05, 0.1) is 24.9 Å². The second-order valence-electron chi connectivity index (χ2n) is 4.29. The van der Waals surface area contributed by atoms with Crippen LogP contribution in [0.2, 0.25) is 0 Å². The summed E-state index contributed by atoms with van der Waals surface area (Å²) in [5, 5.41) is 18.7. The maximum Gasteiger partial charge on any atom is 0.0926 e. The first-order valence-corrected chi connectivity index (χ1v) is 5.46. The van der Waals surface area contributed by atoms with Gasteiger partial charge in [-0.25, -0.2) is 0 Å². The third-order valence-electron chi connectivity index (χ3n) is 2.92. The quantitative estimate of drug-likeness (QED) is 0.649. The highest BCUT2D eigenvalue weighted by Crippen LogP contribution is 2.23. The standard InChI is InChI=1S/C10H19NO3/c12-9-3-4-11(7-10(9)13)5-6-14-8-1-2-8/h8-10,12-13H,1-7H2/t9-,10+/m1/s1. The highest BCUT2D eigenvalue weighted by Gasteiger charge is 2.26. The highest BCUT2D eigenvalue weighted by molar-refractivity contribution is 4.79. The van der Waals surface area contributed by atoms with E-state index < -0.39 is 12.2 Å². The van der Waals surface area contributed by atoms with Crippen LogP contribution in [0.15, 0.2) is 0 Å². The molecule has 4 heteroatoms. The average molecular weight is 201 g/mol. The molecule has 0 aromatic carbocycles. The van der Waals surface area contributed by atoms with E-state index in [-0.39, 0.29) is 0 Å². The molecule has 82 valence electrons. The Bertz CT molecular complexity index is 184. The molecule has 0 bridgehead atoms. The van der Waals surface area contributed by atoms with Gasteiger partial charge < -0.3 is 14.9 Å². The molecule has 4 nitrogen and oxygen atoms in total. The molecule has 2 N–H and O–H groups in total. The summed E-state index contributed by atoms with van der Waals surface area (Å²) in [5.74, 6) is 0. The average Bonchev–Trinajstić information content (AvgIpc) is 2.95. The third-order valence-corrected chi connectivity index (χ3v) is 2.92. The summed E-state index contributed by atoms with van der Waals surface area (Å²) >= 11 is 0. The van der Waals surface area contributed by atoms with Crippen LogP contribution in [-0.4, -0.2) is 59.7 Å². The van der Waals surface area contributed by atoms with Crippen molar-refractivity contribution in [2.24, 2.45) is 0 Å². The lowest BCUT2D eigenvalue weighted by Gasteiger charge is -2.33. The summed E-state index contributed by atoms with van der Waals surface area (Å²) in [6.45, 7) is 3.08. The molecular weight excluding hydrogens is 182 g/mol. The fourth-order valence-electron chi connectivity index (χ4n) is 1.77. The zero-order chi connectivity index (χ0) is 9.97. The van der Waals surface area contributed by atoms with E-state index in [0.29, 0.717) is 19.1 Å². The zero-order valence-electron chi connectivity index (χ0n) is 8.43. The van der Waals surface area contributed by atoms with Gasteiger partial charge in [0.25, 0.3) is 0 Å². The van der Waals surface area contributed by atoms with E-state index in [1.807, 2.05) is 0 Å². The van der Waals surface area contributed by atoms with Gasteiger partial charge in [0.2, 0.25) is 0 Å². The van der Waals surface area contributed by atoms with Crippen LogP contribution >= 0.6 is 0 Å². The van der Waals surface area contributed by atoms with Crippen LogP contribution in [0, 0.1) is 0 Å². The molecule has 2 rings (SSSR count). The van der Waals surface area contributed by atoms with Crippen molar-refractivity contribution in [3.8, 4) is 0 Å². The smallest absolute Gasteiger partial charge is 0.0926 e. The van der Waals surface area contributed by atoms with Gasteiger partial charge in [-0.15, -0.1) is 0 Å². The van der Waals surface area contributed by atoms with E-state index in [9.17, 15) is 10.2 Å². The Morgan fingerprint density at radius 1 is 1.14 bits per heavy atom. The summed E-state index contributed by atoms with van der Waals surface area (Å²) in [6, 6.07) is 0. The summed E-state index contributed by atoms with van der Waals surface area (Å²) in [4.78, 5) is 2.15. The molecule has 0 aromatic heterocycles. The Balaban J connectivity index is 1.60. The van der Waals surface area contributed by atoms with Gasteiger partial charge in [-0.1, -0.05) is 0 Å².